The van der Waals surface area contributed by atoms with Gasteiger partial charge in [-0.3, -0.25) is 9.52 Å². The van der Waals surface area contributed by atoms with Gasteiger partial charge in [0.1, 0.15) is 10.7 Å². The van der Waals surface area contributed by atoms with E-state index in [0.717, 1.165) is 28.7 Å². The number of hydrogen-bond acceptors (Lipinski definition) is 5. The average Bonchev–Trinajstić information content (AvgIpc) is 3.19. The number of nitrogens with zero attached hydrogens (tertiary/aromatic N) is 4. The second-order valence-electron chi connectivity index (χ2n) is 7.88. The van der Waals surface area contributed by atoms with Crippen LogP contribution in [0.4, 0.5) is 10.1 Å². The largest absolute Gasteiger partial charge is 0.334 e. The van der Waals surface area contributed by atoms with E-state index >= 15 is 0 Å². The normalized spacial score (nSPS) is 13.7. The molecule has 0 radical (unpaired) electrons. The van der Waals surface area contributed by atoms with Crippen LogP contribution in [0.3, 0.4) is 0 Å². The summed E-state index contributed by atoms with van der Waals surface area (Å²) in [5, 5.41) is 4.49. The molecule has 1 N–H and O–H groups in total. The SMILES string of the molecule is Cc1cc2ncc3c(n2n1)CCN(C(=O)c1cccc(NS(=O)(=O)c2ccccc2F)c1)C3. The third-order valence-electron chi connectivity index (χ3n) is 5.55. The van der Waals surface area contributed by atoms with Crippen LogP contribution in [-0.4, -0.2) is 40.4 Å². The maximum absolute atomic E-state index is 14.0. The molecule has 3 heterocycles. The fourth-order valence-corrected chi connectivity index (χ4v) is 5.13. The van der Waals surface area contributed by atoms with E-state index < -0.39 is 20.7 Å². The van der Waals surface area contributed by atoms with Crippen molar-refractivity contribution in [3.05, 3.63) is 89.1 Å². The van der Waals surface area contributed by atoms with Crippen LogP contribution in [0.25, 0.3) is 5.65 Å². The van der Waals surface area contributed by atoms with Crippen LogP contribution in [-0.2, 0) is 23.0 Å². The summed E-state index contributed by atoms with van der Waals surface area (Å²) in [6.07, 6.45) is 2.39. The number of halogens is 1. The fourth-order valence-electron chi connectivity index (χ4n) is 4.00. The maximum atomic E-state index is 14.0. The van der Waals surface area contributed by atoms with Crippen molar-refractivity contribution in [2.75, 3.05) is 11.3 Å². The molecular weight excluding hydrogens is 445 g/mol. The number of nitrogens with one attached hydrogen (secondary N) is 1. The monoisotopic (exact) mass is 465 g/mol. The first-order chi connectivity index (χ1) is 15.8. The van der Waals surface area contributed by atoms with Crippen LogP contribution in [0.1, 0.15) is 27.3 Å². The summed E-state index contributed by atoms with van der Waals surface area (Å²) in [5.41, 5.74) is 4.11. The molecule has 2 aromatic carbocycles. The van der Waals surface area contributed by atoms with Crippen molar-refractivity contribution in [3.8, 4) is 0 Å². The molecule has 2 aromatic heterocycles. The molecule has 5 rings (SSSR count). The maximum Gasteiger partial charge on any atom is 0.264 e. The topological polar surface area (TPSA) is 96.7 Å². The van der Waals surface area contributed by atoms with Crippen LogP contribution in [0.2, 0.25) is 0 Å². The van der Waals surface area contributed by atoms with Crippen LogP contribution in [0, 0.1) is 12.7 Å². The number of anilines is 1. The molecule has 0 saturated carbocycles. The number of carbonyl (C=O) groups excluding carboxylic acids is 1. The molecule has 0 fully saturated rings. The molecule has 0 atom stereocenters. The highest BCUT2D eigenvalue weighted by Gasteiger charge is 2.25. The molecular formula is C23H20FN5O3S. The second-order valence-corrected chi connectivity index (χ2v) is 9.53. The summed E-state index contributed by atoms with van der Waals surface area (Å²) in [7, 11) is -4.14. The number of fused-ring (bicyclic) bond motifs is 3. The standard InChI is InChI=1S/C23H20FN5O3S/c1-15-11-22-25-13-17-14-28(10-9-20(17)29(22)26-15)23(30)16-5-4-6-18(12-16)27-33(31,32)21-8-3-2-7-19(21)24/h2-8,11-13,27H,9-10,14H2,1H3. The molecule has 1 aliphatic heterocycles. The molecule has 8 nitrogen and oxygen atoms in total. The molecule has 0 bridgehead atoms. The Hall–Kier alpha value is -3.79. The number of amides is 1. The van der Waals surface area contributed by atoms with Crippen molar-refractivity contribution in [2.24, 2.45) is 0 Å². The number of hydrogen-bond donors (Lipinski definition) is 1. The lowest BCUT2D eigenvalue weighted by molar-refractivity contribution is 0.0732. The van der Waals surface area contributed by atoms with Crippen molar-refractivity contribution < 1.29 is 17.6 Å². The van der Waals surface area contributed by atoms with E-state index in [2.05, 4.69) is 14.8 Å². The minimum Gasteiger partial charge on any atom is -0.334 e. The highest BCUT2D eigenvalue weighted by atomic mass is 32.2. The Morgan fingerprint density at radius 1 is 1.12 bits per heavy atom. The lowest BCUT2D eigenvalue weighted by atomic mass is 10.1. The summed E-state index contributed by atoms with van der Waals surface area (Å²) in [6.45, 7) is 2.78. The Balaban J connectivity index is 1.37. The zero-order valence-electron chi connectivity index (χ0n) is 17.7. The average molecular weight is 466 g/mol. The van der Waals surface area contributed by atoms with Gasteiger partial charge < -0.3 is 4.90 Å². The summed E-state index contributed by atoms with van der Waals surface area (Å²) in [4.78, 5) is 18.8. The van der Waals surface area contributed by atoms with E-state index in [0.29, 0.717) is 25.1 Å². The molecule has 0 aliphatic carbocycles. The highest BCUT2D eigenvalue weighted by molar-refractivity contribution is 7.92. The highest BCUT2D eigenvalue weighted by Crippen LogP contribution is 2.23. The molecule has 33 heavy (non-hydrogen) atoms. The summed E-state index contributed by atoms with van der Waals surface area (Å²) >= 11 is 0. The molecule has 4 aromatic rings. The van der Waals surface area contributed by atoms with Gasteiger partial charge >= 0.3 is 0 Å². The van der Waals surface area contributed by atoms with Crippen LogP contribution in [0.5, 0.6) is 0 Å². The van der Waals surface area contributed by atoms with Gasteiger partial charge in [0.15, 0.2) is 5.65 Å². The second kappa shape index (κ2) is 7.96. The Morgan fingerprint density at radius 3 is 2.76 bits per heavy atom. The van der Waals surface area contributed by atoms with Crippen molar-refractivity contribution in [3.63, 3.8) is 0 Å². The quantitative estimate of drug-likeness (QED) is 0.499. The zero-order valence-corrected chi connectivity index (χ0v) is 18.5. The first kappa shape index (κ1) is 21.1. The molecule has 1 aliphatic rings. The Morgan fingerprint density at radius 2 is 1.94 bits per heavy atom. The number of rotatable bonds is 4. The van der Waals surface area contributed by atoms with E-state index in [1.165, 1.54) is 30.3 Å². The van der Waals surface area contributed by atoms with Gasteiger partial charge in [0, 0.05) is 48.6 Å². The third-order valence-corrected chi connectivity index (χ3v) is 6.96. The minimum atomic E-state index is -4.14. The van der Waals surface area contributed by atoms with Crippen molar-refractivity contribution >= 4 is 27.3 Å². The molecule has 168 valence electrons. The van der Waals surface area contributed by atoms with Crippen LogP contribution in [0.15, 0.2) is 65.7 Å². The van der Waals surface area contributed by atoms with Crippen molar-refractivity contribution in [1.82, 2.24) is 19.5 Å². The summed E-state index contributed by atoms with van der Waals surface area (Å²) in [5.74, 6) is -1.08. The van der Waals surface area contributed by atoms with Crippen LogP contribution < -0.4 is 4.72 Å². The van der Waals surface area contributed by atoms with E-state index in [-0.39, 0.29) is 11.6 Å². The van der Waals surface area contributed by atoms with Gasteiger partial charge in [0.2, 0.25) is 0 Å². The van der Waals surface area contributed by atoms with E-state index in [1.54, 1.807) is 23.2 Å². The minimum absolute atomic E-state index is 0.178. The lowest BCUT2D eigenvalue weighted by Crippen LogP contribution is -2.37. The zero-order chi connectivity index (χ0) is 23.2. The van der Waals surface area contributed by atoms with Gasteiger partial charge in [-0.15, -0.1) is 0 Å². The van der Waals surface area contributed by atoms with E-state index in [4.69, 9.17) is 0 Å². The van der Waals surface area contributed by atoms with Crippen LogP contribution >= 0.6 is 0 Å². The predicted molar refractivity (Wildman–Crippen MR) is 120 cm³/mol. The third kappa shape index (κ3) is 3.93. The molecule has 0 unspecified atom stereocenters. The van der Waals surface area contributed by atoms with Gasteiger partial charge in [-0.05, 0) is 37.3 Å². The number of aromatic nitrogens is 3. The molecule has 0 saturated heterocycles. The summed E-state index contributed by atoms with van der Waals surface area (Å²) in [6, 6.07) is 13.2. The summed E-state index contributed by atoms with van der Waals surface area (Å²) < 4.78 is 43.3. The van der Waals surface area contributed by atoms with Crippen molar-refractivity contribution in [2.45, 2.75) is 24.8 Å². The molecule has 0 spiro atoms. The van der Waals surface area contributed by atoms with Gasteiger partial charge in [-0.25, -0.2) is 22.3 Å². The van der Waals surface area contributed by atoms with Gasteiger partial charge in [-0.1, -0.05) is 18.2 Å². The Labute approximate surface area is 189 Å². The first-order valence-corrected chi connectivity index (χ1v) is 11.8. The van der Waals surface area contributed by atoms with Crippen molar-refractivity contribution in [1.29, 1.82) is 0 Å². The molecule has 10 heteroatoms. The molecule has 1 amide bonds. The number of sulfonamides is 1. The number of benzene rings is 2. The Bertz CT molecular complexity index is 1500. The van der Waals surface area contributed by atoms with Gasteiger partial charge in [0.05, 0.1) is 11.4 Å². The smallest absolute Gasteiger partial charge is 0.264 e. The number of aryl methyl sites for hydroxylation is 1. The Kier molecular flexibility index (Phi) is 5.09. The number of carbonyl (C=O) groups is 1. The van der Waals surface area contributed by atoms with E-state index in [1.807, 2.05) is 17.5 Å². The van der Waals surface area contributed by atoms with Gasteiger partial charge in [0.25, 0.3) is 15.9 Å². The fraction of sp³-hybridized carbons (Fsp3) is 0.174. The lowest BCUT2D eigenvalue weighted by Gasteiger charge is -2.29. The first-order valence-electron chi connectivity index (χ1n) is 10.3. The predicted octanol–water partition coefficient (Wildman–Crippen LogP) is 3.18. The van der Waals surface area contributed by atoms with E-state index in [9.17, 15) is 17.6 Å². The van der Waals surface area contributed by atoms with Gasteiger partial charge in [-0.2, -0.15) is 5.10 Å².